The quantitative estimate of drug-likeness (QED) is 0.581. The average Bonchev–Trinajstić information content (AvgIpc) is 2.72. The number of aryl methyl sites for hydroxylation is 2. The van der Waals surface area contributed by atoms with E-state index in [0.717, 1.165) is 16.7 Å². The van der Waals surface area contributed by atoms with Crippen LogP contribution in [0.3, 0.4) is 0 Å². The normalized spacial score (nSPS) is 12.3. The van der Waals surface area contributed by atoms with Crippen LogP contribution in [-0.2, 0) is 16.6 Å². The van der Waals surface area contributed by atoms with Gasteiger partial charge in [0.25, 0.3) is 5.91 Å². The van der Waals surface area contributed by atoms with E-state index in [1.54, 1.807) is 48.5 Å². The molecule has 0 bridgehead atoms. The van der Waals surface area contributed by atoms with Crippen LogP contribution < -0.4 is 9.62 Å². The van der Waals surface area contributed by atoms with Crippen molar-refractivity contribution in [2.75, 3.05) is 10.6 Å². The summed E-state index contributed by atoms with van der Waals surface area (Å²) in [5.74, 6) is -0.165. The minimum Gasteiger partial charge on any atom is -0.346 e. The third kappa shape index (κ3) is 5.73. The first-order chi connectivity index (χ1) is 14.6. The number of carbonyl (C=O) groups excluding carboxylic acids is 1. The lowest BCUT2D eigenvalue weighted by Gasteiger charge is -2.22. The molecule has 0 aliphatic carbocycles. The maximum absolute atomic E-state index is 12.7. The molecule has 0 heterocycles. The number of hydrogen-bond donors (Lipinski definition) is 1. The minimum atomic E-state index is -3.44. The monoisotopic (exact) mass is 436 g/mol. The highest BCUT2D eigenvalue weighted by atomic mass is 32.2. The zero-order chi connectivity index (χ0) is 22.6. The molecule has 0 saturated heterocycles. The Kier molecular flexibility index (Phi) is 6.81. The van der Waals surface area contributed by atoms with Crippen LogP contribution in [0.5, 0.6) is 0 Å². The maximum atomic E-state index is 12.7. The summed E-state index contributed by atoms with van der Waals surface area (Å²) in [4.78, 5) is 12.7. The first-order valence-corrected chi connectivity index (χ1v) is 12.0. The lowest BCUT2D eigenvalue weighted by atomic mass is 10.00. The molecule has 0 spiro atoms. The molecular weight excluding hydrogens is 408 g/mol. The molecule has 6 heteroatoms. The molecule has 0 radical (unpaired) electrons. The smallest absolute Gasteiger partial charge is 0.251 e. The van der Waals surface area contributed by atoms with E-state index < -0.39 is 10.0 Å². The van der Waals surface area contributed by atoms with E-state index in [9.17, 15) is 13.2 Å². The maximum Gasteiger partial charge on any atom is 0.251 e. The number of nitrogens with zero attached hydrogens (tertiary/aromatic N) is 1. The van der Waals surface area contributed by atoms with Crippen molar-refractivity contribution in [1.29, 1.82) is 0 Å². The van der Waals surface area contributed by atoms with Crippen LogP contribution in [-0.4, -0.2) is 20.6 Å². The van der Waals surface area contributed by atoms with E-state index >= 15 is 0 Å². The molecule has 0 aliphatic rings. The van der Waals surface area contributed by atoms with E-state index in [2.05, 4.69) is 11.4 Å². The molecule has 3 aromatic carbocycles. The number of sulfonamides is 1. The van der Waals surface area contributed by atoms with Crippen LogP contribution in [0.15, 0.2) is 72.8 Å². The molecular formula is C25H28N2O3S. The Hall–Kier alpha value is -3.12. The summed E-state index contributed by atoms with van der Waals surface area (Å²) >= 11 is 0. The summed E-state index contributed by atoms with van der Waals surface area (Å²) in [6.07, 6.45) is 1.19. The van der Waals surface area contributed by atoms with Gasteiger partial charge < -0.3 is 5.32 Å². The predicted octanol–water partition coefficient (Wildman–Crippen LogP) is 4.76. The van der Waals surface area contributed by atoms with Crippen LogP contribution in [0.2, 0.25) is 0 Å². The second-order valence-corrected chi connectivity index (χ2v) is 9.76. The fourth-order valence-electron chi connectivity index (χ4n) is 3.59. The third-order valence-corrected chi connectivity index (χ3v) is 6.37. The van der Waals surface area contributed by atoms with Gasteiger partial charge in [0.15, 0.2) is 0 Å². The van der Waals surface area contributed by atoms with Gasteiger partial charge in [-0.15, -0.1) is 0 Å². The molecule has 0 aromatic heterocycles. The molecule has 162 valence electrons. The van der Waals surface area contributed by atoms with E-state index in [1.165, 1.54) is 16.1 Å². The molecule has 0 aliphatic heterocycles. The number of carbonyl (C=O) groups is 1. The SMILES string of the molecule is Cc1ccc([C@H](C)NC(=O)c2ccc(CN(c3ccccc3)S(C)(=O)=O)cc2)c(C)c1. The highest BCUT2D eigenvalue weighted by Gasteiger charge is 2.18. The largest absolute Gasteiger partial charge is 0.346 e. The first kappa shape index (κ1) is 22.6. The van der Waals surface area contributed by atoms with Gasteiger partial charge in [-0.2, -0.15) is 0 Å². The van der Waals surface area contributed by atoms with E-state index in [-0.39, 0.29) is 18.5 Å². The number of anilines is 1. The second kappa shape index (κ2) is 9.35. The van der Waals surface area contributed by atoms with Crippen molar-refractivity contribution >= 4 is 21.6 Å². The third-order valence-electron chi connectivity index (χ3n) is 5.23. The topological polar surface area (TPSA) is 66.5 Å². The molecule has 5 nitrogen and oxygen atoms in total. The van der Waals surface area contributed by atoms with Gasteiger partial charge in [0.05, 0.1) is 24.5 Å². The molecule has 0 unspecified atom stereocenters. The van der Waals surface area contributed by atoms with Crippen molar-refractivity contribution in [2.24, 2.45) is 0 Å². The Morgan fingerprint density at radius 2 is 1.61 bits per heavy atom. The summed E-state index contributed by atoms with van der Waals surface area (Å²) in [7, 11) is -3.44. The number of hydrogen-bond acceptors (Lipinski definition) is 3. The molecule has 1 N–H and O–H groups in total. The molecule has 0 saturated carbocycles. The molecule has 3 aromatic rings. The highest BCUT2D eigenvalue weighted by Crippen LogP contribution is 2.21. The lowest BCUT2D eigenvalue weighted by molar-refractivity contribution is 0.0940. The Morgan fingerprint density at radius 3 is 2.19 bits per heavy atom. The fraction of sp³-hybridized carbons (Fsp3) is 0.240. The van der Waals surface area contributed by atoms with Crippen molar-refractivity contribution in [1.82, 2.24) is 5.32 Å². The van der Waals surface area contributed by atoms with Crippen LogP contribution in [0, 0.1) is 13.8 Å². The number of benzene rings is 3. The number of para-hydroxylation sites is 1. The van der Waals surface area contributed by atoms with Crippen LogP contribution >= 0.6 is 0 Å². The van der Waals surface area contributed by atoms with Crippen molar-refractivity contribution in [3.8, 4) is 0 Å². The van der Waals surface area contributed by atoms with E-state index in [1.807, 2.05) is 39.0 Å². The van der Waals surface area contributed by atoms with Gasteiger partial charge in [0.2, 0.25) is 10.0 Å². The Labute approximate surface area is 184 Å². The molecule has 1 amide bonds. The zero-order valence-corrected chi connectivity index (χ0v) is 19.1. The Morgan fingerprint density at radius 1 is 0.968 bits per heavy atom. The number of nitrogens with one attached hydrogen (secondary N) is 1. The summed E-state index contributed by atoms with van der Waals surface area (Å²) in [6, 6.07) is 22.1. The Bertz CT molecular complexity index is 1160. The van der Waals surface area contributed by atoms with Crippen molar-refractivity contribution in [3.05, 3.63) is 101 Å². The summed E-state index contributed by atoms with van der Waals surface area (Å²) in [6.45, 7) is 6.25. The van der Waals surface area contributed by atoms with Crippen molar-refractivity contribution in [2.45, 2.75) is 33.4 Å². The fourth-order valence-corrected chi connectivity index (χ4v) is 4.48. The lowest BCUT2D eigenvalue weighted by Crippen LogP contribution is -2.29. The van der Waals surface area contributed by atoms with Gasteiger partial charge in [-0.05, 0) is 61.7 Å². The molecule has 3 rings (SSSR count). The van der Waals surface area contributed by atoms with Gasteiger partial charge in [0.1, 0.15) is 0 Å². The van der Waals surface area contributed by atoms with Crippen LogP contribution in [0.4, 0.5) is 5.69 Å². The van der Waals surface area contributed by atoms with Crippen molar-refractivity contribution < 1.29 is 13.2 Å². The van der Waals surface area contributed by atoms with Crippen LogP contribution in [0.25, 0.3) is 0 Å². The Balaban J connectivity index is 1.72. The summed E-state index contributed by atoms with van der Waals surface area (Å²) in [5.41, 5.74) is 5.36. The summed E-state index contributed by atoms with van der Waals surface area (Å²) < 4.78 is 25.9. The van der Waals surface area contributed by atoms with Gasteiger partial charge in [-0.3, -0.25) is 9.10 Å². The van der Waals surface area contributed by atoms with E-state index in [4.69, 9.17) is 0 Å². The van der Waals surface area contributed by atoms with E-state index in [0.29, 0.717) is 11.3 Å². The van der Waals surface area contributed by atoms with Crippen molar-refractivity contribution in [3.63, 3.8) is 0 Å². The summed E-state index contributed by atoms with van der Waals surface area (Å²) in [5, 5.41) is 3.04. The molecule has 31 heavy (non-hydrogen) atoms. The average molecular weight is 437 g/mol. The second-order valence-electron chi connectivity index (χ2n) is 7.86. The minimum absolute atomic E-state index is 0.119. The molecule has 0 fully saturated rings. The van der Waals surface area contributed by atoms with Gasteiger partial charge in [0, 0.05) is 5.56 Å². The highest BCUT2D eigenvalue weighted by molar-refractivity contribution is 7.92. The van der Waals surface area contributed by atoms with Gasteiger partial charge in [-0.1, -0.05) is 54.1 Å². The molecule has 1 atom stereocenters. The number of rotatable bonds is 7. The van der Waals surface area contributed by atoms with Gasteiger partial charge >= 0.3 is 0 Å². The van der Waals surface area contributed by atoms with Crippen LogP contribution in [0.1, 0.15) is 45.6 Å². The first-order valence-electron chi connectivity index (χ1n) is 10.1. The standard InChI is InChI=1S/C25H28N2O3S/c1-18-10-15-24(19(2)16-18)20(3)26-25(28)22-13-11-21(12-14-22)17-27(31(4,29)30)23-8-6-5-7-9-23/h5-16,20H,17H2,1-4H3,(H,26,28)/t20-/m0/s1. The number of amides is 1. The van der Waals surface area contributed by atoms with Gasteiger partial charge in [-0.25, -0.2) is 8.42 Å². The zero-order valence-electron chi connectivity index (χ0n) is 18.3. The predicted molar refractivity (Wildman–Crippen MR) is 126 cm³/mol.